The van der Waals surface area contributed by atoms with Crippen LogP contribution in [-0.2, 0) is 22.6 Å². The molecule has 0 aliphatic carbocycles. The zero-order valence-electron chi connectivity index (χ0n) is 16.5. The molecule has 3 rings (SSSR count). The van der Waals surface area contributed by atoms with Crippen LogP contribution >= 0.6 is 0 Å². The summed E-state index contributed by atoms with van der Waals surface area (Å²) in [6, 6.07) is 0. The third kappa shape index (κ3) is 4.62. The van der Waals surface area contributed by atoms with E-state index in [-0.39, 0.29) is 18.6 Å². The van der Waals surface area contributed by atoms with Crippen molar-refractivity contribution in [1.82, 2.24) is 24.6 Å². The molecule has 146 valence electrons. The zero-order valence-corrected chi connectivity index (χ0v) is 16.5. The second kappa shape index (κ2) is 8.95. The van der Waals surface area contributed by atoms with Crippen LogP contribution in [0.5, 0.6) is 0 Å². The second-order valence-corrected chi connectivity index (χ2v) is 7.72. The summed E-state index contributed by atoms with van der Waals surface area (Å²) in [5.74, 6) is 2.69. The van der Waals surface area contributed by atoms with Crippen LogP contribution in [0.1, 0.15) is 64.0 Å². The number of hydrogen-bond acceptors (Lipinski definition) is 5. The van der Waals surface area contributed by atoms with E-state index in [9.17, 15) is 4.79 Å². The molecule has 7 nitrogen and oxygen atoms in total. The summed E-state index contributed by atoms with van der Waals surface area (Å²) in [5.41, 5.74) is 0. The number of likely N-dealkylation sites (tertiary alicyclic amines) is 2. The smallest absolute Gasteiger partial charge is 0.248 e. The molecule has 7 heteroatoms. The van der Waals surface area contributed by atoms with Gasteiger partial charge in [0.25, 0.3) is 0 Å². The molecular weight excluding hydrogens is 330 g/mol. The van der Waals surface area contributed by atoms with Crippen molar-refractivity contribution in [1.29, 1.82) is 0 Å². The number of hydrogen-bond donors (Lipinski definition) is 0. The van der Waals surface area contributed by atoms with Gasteiger partial charge in [-0.1, -0.05) is 0 Å². The van der Waals surface area contributed by atoms with Crippen LogP contribution in [0.2, 0.25) is 0 Å². The Morgan fingerprint density at radius 2 is 1.85 bits per heavy atom. The third-order valence-corrected chi connectivity index (χ3v) is 5.49. The largest absolute Gasteiger partial charge is 0.369 e. The predicted molar refractivity (Wildman–Crippen MR) is 99.9 cm³/mol. The van der Waals surface area contributed by atoms with Crippen LogP contribution in [0.3, 0.4) is 0 Å². The number of ether oxygens (including phenoxy) is 1. The number of nitrogens with zero attached hydrogens (tertiary/aromatic N) is 5. The van der Waals surface area contributed by atoms with Crippen molar-refractivity contribution < 1.29 is 9.53 Å². The molecule has 0 bridgehead atoms. The molecule has 26 heavy (non-hydrogen) atoms. The van der Waals surface area contributed by atoms with Gasteiger partial charge in [0, 0.05) is 25.6 Å². The van der Waals surface area contributed by atoms with Gasteiger partial charge in [-0.15, -0.1) is 10.2 Å². The molecule has 0 unspecified atom stereocenters. The first-order valence-electron chi connectivity index (χ1n) is 10.1. The molecule has 1 aromatic rings. The van der Waals surface area contributed by atoms with E-state index in [1.807, 2.05) is 18.7 Å². The van der Waals surface area contributed by atoms with Gasteiger partial charge in [0.15, 0.2) is 0 Å². The molecule has 2 fully saturated rings. The molecular formula is C19H33N5O2. The lowest BCUT2D eigenvalue weighted by Gasteiger charge is -2.32. The van der Waals surface area contributed by atoms with Gasteiger partial charge in [-0.05, 0) is 59.5 Å². The Kier molecular flexibility index (Phi) is 6.64. The van der Waals surface area contributed by atoms with E-state index >= 15 is 0 Å². The summed E-state index contributed by atoms with van der Waals surface area (Å²) in [6.07, 6.45) is 4.58. The Morgan fingerprint density at radius 1 is 1.15 bits per heavy atom. The van der Waals surface area contributed by atoms with Gasteiger partial charge in [0.2, 0.25) is 5.91 Å². The zero-order chi connectivity index (χ0) is 18.5. The monoisotopic (exact) mass is 363 g/mol. The molecule has 0 aromatic carbocycles. The van der Waals surface area contributed by atoms with E-state index in [1.54, 1.807) is 0 Å². The number of carbonyl (C=O) groups excluding carboxylic acids is 1. The van der Waals surface area contributed by atoms with Crippen molar-refractivity contribution in [2.75, 3.05) is 32.8 Å². The van der Waals surface area contributed by atoms with E-state index < -0.39 is 0 Å². The Bertz CT molecular complexity index is 587. The summed E-state index contributed by atoms with van der Waals surface area (Å²) in [4.78, 5) is 16.6. The lowest BCUT2D eigenvalue weighted by Crippen LogP contribution is -2.40. The number of rotatable bonds is 7. The molecule has 1 amide bonds. The number of amides is 1. The fourth-order valence-electron chi connectivity index (χ4n) is 3.97. The van der Waals surface area contributed by atoms with Crippen LogP contribution in [0.4, 0.5) is 0 Å². The average molecular weight is 364 g/mol. The topological polar surface area (TPSA) is 63.5 Å². The Hall–Kier alpha value is -1.47. The summed E-state index contributed by atoms with van der Waals surface area (Å²) < 4.78 is 7.74. The van der Waals surface area contributed by atoms with Gasteiger partial charge >= 0.3 is 0 Å². The number of aromatic nitrogens is 3. The molecule has 0 radical (unpaired) electrons. The first kappa shape index (κ1) is 19.3. The van der Waals surface area contributed by atoms with E-state index in [1.165, 1.54) is 25.9 Å². The van der Waals surface area contributed by atoms with E-state index in [0.29, 0.717) is 5.92 Å². The standard InChI is InChI=1S/C19H33N5O2/c1-4-24-17(13-22-9-5-6-10-22)20-21-19(24)16-7-11-23(12-8-16)18(25)14-26-15(2)3/h15-16H,4-14H2,1-3H3. The van der Waals surface area contributed by atoms with Crippen molar-refractivity contribution in [2.24, 2.45) is 0 Å². The normalized spacial score (nSPS) is 19.6. The molecule has 2 saturated heterocycles. The van der Waals surface area contributed by atoms with Crippen molar-refractivity contribution in [3.05, 3.63) is 11.6 Å². The number of piperidine rings is 1. The molecule has 3 heterocycles. The van der Waals surface area contributed by atoms with Crippen LogP contribution in [0.25, 0.3) is 0 Å². The maximum Gasteiger partial charge on any atom is 0.248 e. The minimum absolute atomic E-state index is 0.0913. The maximum absolute atomic E-state index is 12.2. The Morgan fingerprint density at radius 3 is 2.46 bits per heavy atom. The van der Waals surface area contributed by atoms with Gasteiger partial charge < -0.3 is 14.2 Å². The van der Waals surface area contributed by atoms with Crippen molar-refractivity contribution in [3.63, 3.8) is 0 Å². The van der Waals surface area contributed by atoms with E-state index in [4.69, 9.17) is 4.74 Å². The molecule has 0 saturated carbocycles. The lowest BCUT2D eigenvalue weighted by molar-refractivity contribution is -0.138. The van der Waals surface area contributed by atoms with E-state index in [2.05, 4.69) is 26.6 Å². The molecule has 2 aliphatic heterocycles. The third-order valence-electron chi connectivity index (χ3n) is 5.49. The molecule has 2 aliphatic rings. The lowest BCUT2D eigenvalue weighted by atomic mass is 9.96. The quantitative estimate of drug-likeness (QED) is 0.742. The van der Waals surface area contributed by atoms with E-state index in [0.717, 1.165) is 50.7 Å². The predicted octanol–water partition coefficient (Wildman–Crippen LogP) is 2.02. The van der Waals surface area contributed by atoms with Gasteiger partial charge in [-0.2, -0.15) is 0 Å². The highest BCUT2D eigenvalue weighted by molar-refractivity contribution is 5.77. The van der Waals surface area contributed by atoms with Crippen molar-refractivity contribution >= 4 is 5.91 Å². The highest BCUT2D eigenvalue weighted by atomic mass is 16.5. The first-order valence-corrected chi connectivity index (χ1v) is 10.1. The summed E-state index contributed by atoms with van der Waals surface area (Å²) >= 11 is 0. The maximum atomic E-state index is 12.2. The average Bonchev–Trinajstić information content (AvgIpc) is 3.29. The summed E-state index contributed by atoms with van der Waals surface area (Å²) in [6.45, 7) is 12.0. The van der Waals surface area contributed by atoms with Crippen molar-refractivity contribution in [2.45, 2.75) is 71.6 Å². The second-order valence-electron chi connectivity index (χ2n) is 7.72. The Balaban J connectivity index is 1.57. The molecule has 0 atom stereocenters. The highest BCUT2D eigenvalue weighted by Gasteiger charge is 2.28. The minimum atomic E-state index is 0.0913. The SMILES string of the molecule is CCn1c(CN2CCCC2)nnc1C1CCN(C(=O)COC(C)C)CC1. The van der Waals surface area contributed by atoms with Gasteiger partial charge in [-0.25, -0.2) is 0 Å². The fourth-order valence-corrected chi connectivity index (χ4v) is 3.97. The van der Waals surface area contributed by atoms with Gasteiger partial charge in [-0.3, -0.25) is 9.69 Å². The molecule has 1 aromatic heterocycles. The molecule has 0 spiro atoms. The van der Waals surface area contributed by atoms with Crippen LogP contribution in [-0.4, -0.2) is 69.4 Å². The van der Waals surface area contributed by atoms with Gasteiger partial charge in [0.05, 0.1) is 12.6 Å². The fraction of sp³-hybridized carbons (Fsp3) is 0.842. The molecule has 0 N–H and O–H groups in total. The highest BCUT2D eigenvalue weighted by Crippen LogP contribution is 2.28. The van der Waals surface area contributed by atoms with Gasteiger partial charge in [0.1, 0.15) is 18.3 Å². The minimum Gasteiger partial charge on any atom is -0.369 e. The number of carbonyl (C=O) groups is 1. The summed E-state index contributed by atoms with van der Waals surface area (Å²) in [5, 5.41) is 9.04. The first-order chi connectivity index (χ1) is 12.6. The Labute approximate surface area is 156 Å². The van der Waals surface area contributed by atoms with Crippen LogP contribution in [0, 0.1) is 0 Å². The summed E-state index contributed by atoms with van der Waals surface area (Å²) in [7, 11) is 0. The van der Waals surface area contributed by atoms with Crippen molar-refractivity contribution in [3.8, 4) is 0 Å². The van der Waals surface area contributed by atoms with Crippen LogP contribution < -0.4 is 0 Å². The van der Waals surface area contributed by atoms with Crippen LogP contribution in [0.15, 0.2) is 0 Å².